The van der Waals surface area contributed by atoms with Gasteiger partial charge in [0, 0.05) is 0 Å². The average molecular weight is 259 g/mol. The minimum absolute atomic E-state index is 0.301. The third-order valence-corrected chi connectivity index (χ3v) is 3.04. The molecule has 0 bridgehead atoms. The van der Waals surface area contributed by atoms with Crippen LogP contribution in [0.3, 0.4) is 0 Å². The van der Waals surface area contributed by atoms with Crippen LogP contribution in [0.15, 0.2) is 10.5 Å². The van der Waals surface area contributed by atoms with Crippen LogP contribution in [0.4, 0.5) is 0 Å². The Balaban J connectivity index is 3.47. The van der Waals surface area contributed by atoms with Crippen LogP contribution < -0.4 is 4.74 Å². The number of ether oxygens (including phenoxy) is 1. The molecule has 0 amide bonds. The van der Waals surface area contributed by atoms with Gasteiger partial charge in [-0.2, -0.15) is 0 Å². The first kappa shape index (κ1) is 11.0. The fourth-order valence-corrected chi connectivity index (χ4v) is 2.01. The highest BCUT2D eigenvalue weighted by Gasteiger charge is 2.15. The van der Waals surface area contributed by atoms with Crippen molar-refractivity contribution in [3.05, 3.63) is 27.2 Å². The summed E-state index contributed by atoms with van der Waals surface area (Å²) in [5.41, 5.74) is 1.79. The van der Waals surface area contributed by atoms with Crippen molar-refractivity contribution in [2.45, 2.75) is 13.8 Å². The molecule has 1 N–H and O–H groups in total. The van der Waals surface area contributed by atoms with E-state index < -0.39 is 5.97 Å². The molecule has 1 rings (SSSR count). The predicted octanol–water partition coefficient (Wildman–Crippen LogP) is 2.77. The second-order valence-corrected chi connectivity index (χ2v) is 3.81. The molecule has 0 heterocycles. The molecule has 14 heavy (non-hydrogen) atoms. The molecule has 76 valence electrons. The first-order chi connectivity index (χ1) is 6.49. The van der Waals surface area contributed by atoms with Gasteiger partial charge >= 0.3 is 5.97 Å². The van der Waals surface area contributed by atoms with Crippen LogP contribution in [0.2, 0.25) is 0 Å². The molecular formula is C10H11BrO3. The number of hydrogen-bond acceptors (Lipinski definition) is 2. The Morgan fingerprint density at radius 2 is 2.07 bits per heavy atom. The number of carboxylic acids is 1. The summed E-state index contributed by atoms with van der Waals surface area (Å²) >= 11 is 3.32. The lowest BCUT2D eigenvalue weighted by Crippen LogP contribution is -2.03. The Morgan fingerprint density at radius 1 is 1.50 bits per heavy atom. The fourth-order valence-electron chi connectivity index (χ4n) is 1.32. The van der Waals surface area contributed by atoms with Gasteiger partial charge in [0.25, 0.3) is 0 Å². The summed E-state index contributed by atoms with van der Waals surface area (Å²) in [6, 6.07) is 1.61. The maximum atomic E-state index is 10.9. The van der Waals surface area contributed by atoms with Gasteiger partial charge in [-0.05, 0) is 47.0 Å². The van der Waals surface area contributed by atoms with E-state index in [1.165, 1.54) is 0 Å². The van der Waals surface area contributed by atoms with Crippen molar-refractivity contribution < 1.29 is 14.6 Å². The molecule has 0 saturated carbocycles. The summed E-state index contributed by atoms with van der Waals surface area (Å²) in [4.78, 5) is 10.9. The SMILES string of the molecule is COc1c(C)cc(C(=O)O)c(C)c1Br. The zero-order chi connectivity index (χ0) is 10.9. The van der Waals surface area contributed by atoms with Crippen LogP contribution in [0.25, 0.3) is 0 Å². The molecule has 1 aromatic carbocycles. The normalized spacial score (nSPS) is 10.0. The lowest BCUT2D eigenvalue weighted by Gasteiger charge is -2.11. The van der Waals surface area contributed by atoms with Crippen molar-refractivity contribution in [3.8, 4) is 5.75 Å². The first-order valence-corrected chi connectivity index (χ1v) is 4.85. The van der Waals surface area contributed by atoms with Crippen LogP contribution >= 0.6 is 15.9 Å². The van der Waals surface area contributed by atoms with Gasteiger partial charge in [-0.15, -0.1) is 0 Å². The van der Waals surface area contributed by atoms with Crippen LogP contribution in [0, 0.1) is 13.8 Å². The molecule has 0 aliphatic carbocycles. The van der Waals surface area contributed by atoms with Gasteiger partial charge in [-0.3, -0.25) is 0 Å². The second kappa shape index (κ2) is 4.00. The molecule has 0 radical (unpaired) electrons. The van der Waals surface area contributed by atoms with Gasteiger partial charge in [-0.25, -0.2) is 4.79 Å². The van der Waals surface area contributed by atoms with Crippen LogP contribution in [-0.4, -0.2) is 18.2 Å². The van der Waals surface area contributed by atoms with E-state index in [9.17, 15) is 4.79 Å². The van der Waals surface area contributed by atoms with Crippen molar-refractivity contribution in [3.63, 3.8) is 0 Å². The number of benzene rings is 1. The molecule has 0 saturated heterocycles. The number of methoxy groups -OCH3 is 1. The average Bonchev–Trinajstić information content (AvgIpc) is 2.12. The van der Waals surface area contributed by atoms with E-state index in [0.717, 1.165) is 5.56 Å². The lowest BCUT2D eigenvalue weighted by molar-refractivity contribution is 0.0696. The maximum absolute atomic E-state index is 10.9. The Hall–Kier alpha value is -1.03. The summed E-state index contributed by atoms with van der Waals surface area (Å²) in [7, 11) is 1.56. The zero-order valence-corrected chi connectivity index (χ0v) is 9.81. The molecule has 0 aliphatic heterocycles. The standard InChI is InChI=1S/C10H11BrO3/c1-5-4-7(10(12)13)6(2)8(11)9(5)14-3/h4H,1-3H3,(H,12,13). The number of carbonyl (C=O) groups is 1. The van der Waals surface area contributed by atoms with Gasteiger partial charge in [0.1, 0.15) is 5.75 Å². The summed E-state index contributed by atoms with van der Waals surface area (Å²) in [5.74, 6) is -0.235. The summed E-state index contributed by atoms with van der Waals surface area (Å²) in [6.07, 6.45) is 0. The van der Waals surface area contributed by atoms with E-state index in [2.05, 4.69) is 15.9 Å². The van der Waals surface area contributed by atoms with Gasteiger partial charge in [-0.1, -0.05) is 0 Å². The minimum Gasteiger partial charge on any atom is -0.495 e. The smallest absolute Gasteiger partial charge is 0.336 e. The highest BCUT2D eigenvalue weighted by atomic mass is 79.9. The molecule has 4 heteroatoms. The predicted molar refractivity (Wildman–Crippen MR) is 57.1 cm³/mol. The highest BCUT2D eigenvalue weighted by Crippen LogP contribution is 2.33. The Labute approximate surface area is 90.8 Å². The topological polar surface area (TPSA) is 46.5 Å². The number of aromatic carboxylic acids is 1. The molecular weight excluding hydrogens is 248 g/mol. The van der Waals surface area contributed by atoms with E-state index in [-0.39, 0.29) is 0 Å². The molecule has 0 aromatic heterocycles. The molecule has 1 aromatic rings. The van der Waals surface area contributed by atoms with Gasteiger partial charge in [0.05, 0.1) is 17.1 Å². The van der Waals surface area contributed by atoms with E-state index in [1.807, 2.05) is 6.92 Å². The Bertz CT molecular complexity index is 385. The van der Waals surface area contributed by atoms with Gasteiger partial charge in [0.2, 0.25) is 0 Å². The lowest BCUT2D eigenvalue weighted by atomic mass is 10.0. The van der Waals surface area contributed by atoms with Gasteiger partial charge in [0.15, 0.2) is 0 Å². The highest BCUT2D eigenvalue weighted by molar-refractivity contribution is 9.10. The quantitative estimate of drug-likeness (QED) is 0.888. The number of hydrogen-bond donors (Lipinski definition) is 1. The number of rotatable bonds is 2. The maximum Gasteiger partial charge on any atom is 0.336 e. The second-order valence-electron chi connectivity index (χ2n) is 3.02. The Kier molecular flexibility index (Phi) is 3.16. The third kappa shape index (κ3) is 1.75. The van der Waals surface area contributed by atoms with Crippen molar-refractivity contribution in [2.24, 2.45) is 0 Å². The molecule has 0 atom stereocenters. The van der Waals surface area contributed by atoms with Crippen LogP contribution in [-0.2, 0) is 0 Å². The van der Waals surface area contributed by atoms with E-state index in [4.69, 9.17) is 9.84 Å². The molecule has 0 aliphatic rings. The van der Waals surface area contributed by atoms with Crippen molar-refractivity contribution in [2.75, 3.05) is 7.11 Å². The van der Waals surface area contributed by atoms with Gasteiger partial charge < -0.3 is 9.84 Å². The monoisotopic (exact) mass is 258 g/mol. The molecule has 0 unspecified atom stereocenters. The largest absolute Gasteiger partial charge is 0.495 e. The number of aryl methyl sites for hydroxylation is 1. The molecule has 0 spiro atoms. The van der Waals surface area contributed by atoms with Crippen molar-refractivity contribution in [1.82, 2.24) is 0 Å². The third-order valence-electron chi connectivity index (χ3n) is 2.09. The van der Waals surface area contributed by atoms with E-state index in [1.54, 1.807) is 20.1 Å². The summed E-state index contributed by atoms with van der Waals surface area (Å²) in [5, 5.41) is 8.92. The summed E-state index contributed by atoms with van der Waals surface area (Å²) < 4.78 is 5.86. The van der Waals surface area contributed by atoms with E-state index >= 15 is 0 Å². The van der Waals surface area contributed by atoms with Crippen LogP contribution in [0.1, 0.15) is 21.5 Å². The minimum atomic E-state index is -0.922. The Morgan fingerprint density at radius 3 is 2.50 bits per heavy atom. The fraction of sp³-hybridized carbons (Fsp3) is 0.300. The van der Waals surface area contributed by atoms with E-state index in [0.29, 0.717) is 21.3 Å². The summed E-state index contributed by atoms with van der Waals surface area (Å²) in [6.45, 7) is 3.56. The zero-order valence-electron chi connectivity index (χ0n) is 8.22. The molecule has 0 fully saturated rings. The molecule has 3 nitrogen and oxygen atoms in total. The van der Waals surface area contributed by atoms with Crippen molar-refractivity contribution in [1.29, 1.82) is 0 Å². The van der Waals surface area contributed by atoms with Crippen LogP contribution in [0.5, 0.6) is 5.75 Å². The number of halogens is 1. The number of carboxylic acid groups (broad SMARTS) is 1. The first-order valence-electron chi connectivity index (χ1n) is 4.06. The van der Waals surface area contributed by atoms with Crippen molar-refractivity contribution >= 4 is 21.9 Å².